The van der Waals surface area contributed by atoms with E-state index in [1.54, 1.807) is 0 Å². The molecule has 0 radical (unpaired) electrons. The van der Waals surface area contributed by atoms with E-state index in [-0.39, 0.29) is 55.0 Å². The molecule has 11 heteroatoms. The van der Waals surface area contributed by atoms with Crippen LogP contribution in [0.1, 0.15) is 44.8 Å². The van der Waals surface area contributed by atoms with Gasteiger partial charge in [-0.1, -0.05) is 13.8 Å². The number of aliphatic imine (C=N–C) groups is 1. The van der Waals surface area contributed by atoms with Crippen molar-refractivity contribution in [2.45, 2.75) is 52.1 Å². The number of imide groups is 1. The summed E-state index contributed by atoms with van der Waals surface area (Å²) in [7, 11) is 0. The Morgan fingerprint density at radius 1 is 1.39 bits per heavy atom. The van der Waals surface area contributed by atoms with Crippen LogP contribution in [-0.4, -0.2) is 69.8 Å². The highest BCUT2D eigenvalue weighted by atomic mass is 127. The lowest BCUT2D eigenvalue weighted by atomic mass is 10.1. The first-order chi connectivity index (χ1) is 13.0. The van der Waals surface area contributed by atoms with Crippen molar-refractivity contribution in [1.29, 1.82) is 0 Å². The molecule has 3 amide bonds. The molecule has 1 saturated heterocycles. The van der Waals surface area contributed by atoms with Crippen molar-refractivity contribution in [2.75, 3.05) is 26.2 Å². The summed E-state index contributed by atoms with van der Waals surface area (Å²) in [5.41, 5.74) is 0. The number of halogens is 1. The number of aryl methyl sites for hydroxylation is 1. The van der Waals surface area contributed by atoms with Crippen LogP contribution in [0.3, 0.4) is 0 Å². The van der Waals surface area contributed by atoms with E-state index in [9.17, 15) is 9.59 Å². The molecule has 10 nitrogen and oxygen atoms in total. The van der Waals surface area contributed by atoms with Gasteiger partial charge in [-0.05, 0) is 13.3 Å². The van der Waals surface area contributed by atoms with Crippen molar-refractivity contribution in [2.24, 2.45) is 4.99 Å². The summed E-state index contributed by atoms with van der Waals surface area (Å²) in [6.07, 6.45) is 1.83. The predicted molar refractivity (Wildman–Crippen MR) is 116 cm³/mol. The molecular formula is C17H29IN8O2. The average molecular weight is 504 g/mol. The minimum Gasteiger partial charge on any atom is -0.357 e. The third-order valence-electron chi connectivity index (χ3n) is 4.61. The zero-order valence-electron chi connectivity index (χ0n) is 16.6. The Bertz CT molecular complexity index is 717. The van der Waals surface area contributed by atoms with Crippen molar-refractivity contribution < 1.29 is 9.59 Å². The van der Waals surface area contributed by atoms with Crippen LogP contribution in [0.2, 0.25) is 0 Å². The van der Waals surface area contributed by atoms with Gasteiger partial charge in [0.2, 0.25) is 5.91 Å². The van der Waals surface area contributed by atoms with Gasteiger partial charge < -0.3 is 16.0 Å². The summed E-state index contributed by atoms with van der Waals surface area (Å²) in [6, 6.07) is -0.145. The highest BCUT2D eigenvalue weighted by Gasteiger charge is 2.28. The molecule has 0 aromatic carbocycles. The number of nitrogens with zero attached hydrogens (tertiary/aromatic N) is 5. The number of carbonyl (C=O) groups is 2. The fourth-order valence-electron chi connectivity index (χ4n) is 3.15. The van der Waals surface area contributed by atoms with E-state index in [1.165, 1.54) is 4.90 Å². The molecule has 0 spiro atoms. The number of guanidine groups is 1. The van der Waals surface area contributed by atoms with Crippen molar-refractivity contribution in [3.63, 3.8) is 0 Å². The zero-order valence-corrected chi connectivity index (χ0v) is 18.9. The van der Waals surface area contributed by atoms with E-state index in [2.05, 4.69) is 44.9 Å². The Hall–Kier alpha value is -1.92. The minimum atomic E-state index is -0.347. The summed E-state index contributed by atoms with van der Waals surface area (Å²) in [6.45, 7) is 8.36. The molecular weight excluding hydrogens is 475 g/mol. The maximum absolute atomic E-state index is 11.6. The van der Waals surface area contributed by atoms with Gasteiger partial charge in [-0.2, -0.15) is 5.10 Å². The number of fused-ring (bicyclic) bond motifs is 1. The minimum absolute atomic E-state index is 0. The molecule has 0 aliphatic carbocycles. The fraction of sp³-hybridized carbons (Fsp3) is 0.706. The van der Waals surface area contributed by atoms with Gasteiger partial charge in [0.15, 0.2) is 11.8 Å². The number of hydrogen-bond donors (Lipinski definition) is 3. The van der Waals surface area contributed by atoms with E-state index >= 15 is 0 Å². The SMILES string of the molecule is CCNC(=NCCN1C(=O)CNC1=O)NC1CCc2nc(C(C)C)nn2C1.I. The van der Waals surface area contributed by atoms with Crippen LogP contribution in [0.15, 0.2) is 4.99 Å². The average Bonchev–Trinajstić information content (AvgIpc) is 3.19. The Balaban J connectivity index is 0.00000280. The van der Waals surface area contributed by atoms with Gasteiger partial charge in [0.1, 0.15) is 5.82 Å². The van der Waals surface area contributed by atoms with Crippen molar-refractivity contribution in [1.82, 2.24) is 35.6 Å². The molecule has 3 N–H and O–H groups in total. The van der Waals surface area contributed by atoms with E-state index in [0.29, 0.717) is 18.4 Å². The molecule has 28 heavy (non-hydrogen) atoms. The van der Waals surface area contributed by atoms with Gasteiger partial charge in [-0.3, -0.25) is 14.7 Å². The molecule has 3 rings (SSSR count). The first-order valence-electron chi connectivity index (χ1n) is 9.54. The molecule has 0 saturated carbocycles. The van der Waals surface area contributed by atoms with Gasteiger partial charge >= 0.3 is 6.03 Å². The molecule has 1 unspecified atom stereocenters. The molecule has 2 aliphatic rings. The lowest BCUT2D eigenvalue weighted by molar-refractivity contribution is -0.124. The fourth-order valence-corrected chi connectivity index (χ4v) is 3.15. The molecule has 3 heterocycles. The highest BCUT2D eigenvalue weighted by Crippen LogP contribution is 2.16. The van der Waals surface area contributed by atoms with Gasteiger partial charge in [0.25, 0.3) is 0 Å². The lowest BCUT2D eigenvalue weighted by Gasteiger charge is -2.25. The highest BCUT2D eigenvalue weighted by molar-refractivity contribution is 14.0. The van der Waals surface area contributed by atoms with Gasteiger partial charge in [-0.15, -0.1) is 24.0 Å². The number of hydrogen-bond acceptors (Lipinski definition) is 5. The van der Waals surface area contributed by atoms with E-state index < -0.39 is 0 Å². The Morgan fingerprint density at radius 2 is 2.18 bits per heavy atom. The summed E-state index contributed by atoms with van der Waals surface area (Å²) in [4.78, 5) is 33.5. The van der Waals surface area contributed by atoms with Crippen LogP contribution < -0.4 is 16.0 Å². The smallest absolute Gasteiger partial charge is 0.324 e. The summed E-state index contributed by atoms with van der Waals surface area (Å²) >= 11 is 0. The summed E-state index contributed by atoms with van der Waals surface area (Å²) < 4.78 is 1.98. The normalized spacial score (nSPS) is 19.4. The van der Waals surface area contributed by atoms with E-state index in [1.807, 2.05) is 11.6 Å². The number of urea groups is 1. The number of aromatic nitrogens is 3. The second-order valence-corrected chi connectivity index (χ2v) is 7.07. The molecule has 156 valence electrons. The second-order valence-electron chi connectivity index (χ2n) is 7.07. The van der Waals surface area contributed by atoms with Crippen LogP contribution in [0.5, 0.6) is 0 Å². The first kappa shape index (κ1) is 22.4. The van der Waals surface area contributed by atoms with E-state index in [4.69, 9.17) is 0 Å². The topological polar surface area (TPSA) is 117 Å². The number of rotatable bonds is 6. The van der Waals surface area contributed by atoms with Gasteiger partial charge in [0, 0.05) is 24.9 Å². The number of nitrogens with one attached hydrogen (secondary N) is 3. The largest absolute Gasteiger partial charge is 0.357 e. The third kappa shape index (κ3) is 5.32. The van der Waals surface area contributed by atoms with Gasteiger partial charge in [-0.25, -0.2) is 14.5 Å². The van der Waals surface area contributed by atoms with Crippen LogP contribution in [-0.2, 0) is 17.8 Å². The van der Waals surface area contributed by atoms with Crippen LogP contribution in [0.25, 0.3) is 0 Å². The third-order valence-corrected chi connectivity index (χ3v) is 4.61. The Kier molecular flexibility index (Phi) is 8.01. The van der Waals surface area contributed by atoms with Crippen molar-refractivity contribution in [3.05, 3.63) is 11.6 Å². The Morgan fingerprint density at radius 3 is 2.82 bits per heavy atom. The zero-order chi connectivity index (χ0) is 19.4. The molecule has 1 aromatic rings. The van der Waals surface area contributed by atoms with Crippen molar-refractivity contribution in [3.8, 4) is 0 Å². The molecule has 2 aliphatic heterocycles. The Labute approximate surface area is 181 Å². The molecule has 1 atom stereocenters. The number of carbonyl (C=O) groups excluding carboxylic acids is 2. The van der Waals surface area contributed by atoms with E-state index in [0.717, 1.165) is 37.6 Å². The number of amides is 3. The van der Waals surface area contributed by atoms with Crippen LogP contribution in [0, 0.1) is 0 Å². The monoisotopic (exact) mass is 504 g/mol. The maximum atomic E-state index is 11.6. The van der Waals surface area contributed by atoms with Gasteiger partial charge in [0.05, 0.1) is 26.2 Å². The molecule has 0 bridgehead atoms. The van der Waals surface area contributed by atoms with Crippen LogP contribution in [0.4, 0.5) is 4.79 Å². The maximum Gasteiger partial charge on any atom is 0.324 e. The lowest BCUT2D eigenvalue weighted by Crippen LogP contribution is -2.47. The first-order valence-corrected chi connectivity index (χ1v) is 9.54. The molecule has 1 aromatic heterocycles. The summed E-state index contributed by atoms with van der Waals surface area (Å²) in [5, 5.41) is 13.8. The van der Waals surface area contributed by atoms with Crippen LogP contribution >= 0.6 is 24.0 Å². The standard InChI is InChI=1S/C17H28N8O2.HI/c1-4-18-16(19-7-8-24-14(26)9-20-17(24)27)21-12-5-6-13-22-15(11(2)3)23-25(13)10-12;/h11-12H,4-10H2,1-3H3,(H,20,27)(H2,18,19,21);1H. The quantitative estimate of drug-likeness (QED) is 0.224. The second kappa shape index (κ2) is 10.0. The van der Waals surface area contributed by atoms with Crippen molar-refractivity contribution >= 4 is 41.9 Å². The molecule has 1 fully saturated rings. The predicted octanol–water partition coefficient (Wildman–Crippen LogP) is 0.441. The summed E-state index contributed by atoms with van der Waals surface area (Å²) in [5.74, 6) is 2.72.